The van der Waals surface area contributed by atoms with Crippen molar-refractivity contribution in [3.05, 3.63) is 60.2 Å². The van der Waals surface area contributed by atoms with Gasteiger partial charge < -0.3 is 9.84 Å². The Morgan fingerprint density at radius 2 is 1.84 bits per heavy atom. The number of nitrogens with zero attached hydrogens (tertiary/aromatic N) is 2. The number of phenols is 1. The molecule has 132 valence electrons. The van der Waals surface area contributed by atoms with Crippen molar-refractivity contribution in [3.63, 3.8) is 0 Å². The van der Waals surface area contributed by atoms with Gasteiger partial charge in [0.15, 0.2) is 0 Å². The molecular formula is C20H24N2O2S. The molecule has 1 spiro atoms. The van der Waals surface area contributed by atoms with Gasteiger partial charge in [0, 0.05) is 24.5 Å². The molecule has 4 rings (SSSR count). The molecule has 0 radical (unpaired) electrons. The number of ether oxygens (including phenoxy) is 1. The van der Waals surface area contributed by atoms with Gasteiger partial charge in [-0.2, -0.15) is 0 Å². The fourth-order valence-electron chi connectivity index (χ4n) is 3.74. The lowest BCUT2D eigenvalue weighted by Gasteiger charge is -2.44. The minimum atomic E-state index is -0.199. The average molecular weight is 356 g/mol. The molecule has 0 saturated carbocycles. The first kappa shape index (κ1) is 16.9. The van der Waals surface area contributed by atoms with Gasteiger partial charge >= 0.3 is 0 Å². The minimum Gasteiger partial charge on any atom is -0.508 e. The van der Waals surface area contributed by atoms with Gasteiger partial charge in [-0.1, -0.05) is 30.3 Å². The van der Waals surface area contributed by atoms with Gasteiger partial charge in [0.05, 0.1) is 6.61 Å². The van der Waals surface area contributed by atoms with Crippen LogP contribution in [0.2, 0.25) is 0 Å². The number of benzene rings is 2. The summed E-state index contributed by atoms with van der Waals surface area (Å²) in [5.74, 6) is 0.309. The molecule has 4 nitrogen and oxygen atoms in total. The highest BCUT2D eigenvalue weighted by atomic mass is 32.2. The maximum Gasteiger partial charge on any atom is 0.143 e. The first-order chi connectivity index (χ1) is 12.2. The topological polar surface area (TPSA) is 35.9 Å². The predicted octanol–water partition coefficient (Wildman–Crippen LogP) is 3.72. The summed E-state index contributed by atoms with van der Waals surface area (Å²) < 4.78 is 8.67. The first-order valence-electron chi connectivity index (χ1n) is 8.88. The van der Waals surface area contributed by atoms with Crippen LogP contribution in [0.4, 0.5) is 0 Å². The summed E-state index contributed by atoms with van der Waals surface area (Å²) >= 11 is 1.74. The van der Waals surface area contributed by atoms with Crippen molar-refractivity contribution in [3.8, 4) is 5.75 Å². The lowest BCUT2D eigenvalue weighted by Crippen LogP contribution is -2.54. The van der Waals surface area contributed by atoms with Crippen molar-refractivity contribution in [2.24, 2.45) is 0 Å². The van der Waals surface area contributed by atoms with Crippen LogP contribution in [0.1, 0.15) is 18.4 Å². The second-order valence-corrected chi connectivity index (χ2v) is 7.88. The van der Waals surface area contributed by atoms with Gasteiger partial charge in [0.25, 0.3) is 0 Å². The Kier molecular flexibility index (Phi) is 4.99. The first-order valence-corrected chi connectivity index (χ1v) is 9.66. The normalized spacial score (nSPS) is 24.8. The lowest BCUT2D eigenvalue weighted by atomic mass is 10.0. The van der Waals surface area contributed by atoms with Crippen LogP contribution in [0.25, 0.3) is 0 Å². The highest BCUT2D eigenvalue weighted by Gasteiger charge is 2.46. The summed E-state index contributed by atoms with van der Waals surface area (Å²) in [7, 11) is 0. The highest BCUT2D eigenvalue weighted by Crippen LogP contribution is 2.40. The second kappa shape index (κ2) is 7.38. The van der Waals surface area contributed by atoms with Crippen LogP contribution in [-0.4, -0.2) is 46.3 Å². The SMILES string of the molecule is Oc1ccc(SN2CCOC23CCCN(Cc2ccccc2)C3)cc1. The molecule has 2 aromatic rings. The second-order valence-electron chi connectivity index (χ2n) is 6.78. The predicted molar refractivity (Wildman–Crippen MR) is 100 cm³/mol. The van der Waals surface area contributed by atoms with Crippen LogP contribution in [0, 0.1) is 0 Å². The summed E-state index contributed by atoms with van der Waals surface area (Å²) in [6.45, 7) is 4.75. The number of phenolic OH excluding ortho intramolecular Hbond substituents is 1. The zero-order valence-electron chi connectivity index (χ0n) is 14.3. The van der Waals surface area contributed by atoms with Gasteiger partial charge in [0.2, 0.25) is 0 Å². The van der Waals surface area contributed by atoms with E-state index in [-0.39, 0.29) is 5.72 Å². The van der Waals surface area contributed by atoms with E-state index in [1.807, 2.05) is 12.1 Å². The van der Waals surface area contributed by atoms with E-state index in [0.717, 1.165) is 50.5 Å². The third-order valence-electron chi connectivity index (χ3n) is 4.93. The number of aromatic hydroxyl groups is 1. The number of likely N-dealkylation sites (tertiary alicyclic amines) is 1. The lowest BCUT2D eigenvalue weighted by molar-refractivity contribution is -0.0962. The summed E-state index contributed by atoms with van der Waals surface area (Å²) in [4.78, 5) is 3.65. The molecule has 0 aliphatic carbocycles. The van der Waals surface area contributed by atoms with E-state index in [4.69, 9.17) is 4.74 Å². The maximum atomic E-state index is 9.48. The zero-order valence-corrected chi connectivity index (χ0v) is 15.1. The van der Waals surface area contributed by atoms with Crippen LogP contribution >= 0.6 is 11.9 Å². The standard InChI is InChI=1S/C20H24N2O2S/c23-18-7-9-19(10-8-18)25-22-13-14-24-20(22)11-4-12-21(16-20)15-17-5-2-1-3-6-17/h1-3,5-10,23H,4,11-16H2. The molecule has 2 fully saturated rings. The monoisotopic (exact) mass is 356 g/mol. The van der Waals surface area contributed by atoms with Crippen molar-refractivity contribution in [1.82, 2.24) is 9.21 Å². The van der Waals surface area contributed by atoms with Crippen molar-refractivity contribution in [2.75, 3.05) is 26.2 Å². The van der Waals surface area contributed by atoms with Gasteiger partial charge in [-0.15, -0.1) is 0 Å². The van der Waals surface area contributed by atoms with E-state index >= 15 is 0 Å². The molecule has 1 unspecified atom stereocenters. The molecular weight excluding hydrogens is 332 g/mol. The fraction of sp³-hybridized carbons (Fsp3) is 0.400. The summed E-state index contributed by atoms with van der Waals surface area (Å²) in [5.41, 5.74) is 1.16. The number of hydrogen-bond donors (Lipinski definition) is 1. The maximum absolute atomic E-state index is 9.48. The Hall–Kier alpha value is -1.53. The quantitative estimate of drug-likeness (QED) is 0.845. The number of rotatable bonds is 4. The zero-order chi connectivity index (χ0) is 17.1. The van der Waals surface area contributed by atoms with Crippen LogP contribution in [0.5, 0.6) is 5.75 Å². The van der Waals surface area contributed by atoms with Crippen molar-refractivity contribution in [1.29, 1.82) is 0 Å². The Balaban J connectivity index is 1.46. The molecule has 5 heteroatoms. The molecule has 2 heterocycles. The van der Waals surface area contributed by atoms with Crippen molar-refractivity contribution >= 4 is 11.9 Å². The average Bonchev–Trinajstić information content (AvgIpc) is 2.99. The molecule has 2 aliphatic heterocycles. The summed E-state index contributed by atoms with van der Waals surface area (Å²) in [5, 5.41) is 9.48. The number of hydrogen-bond acceptors (Lipinski definition) is 5. The van der Waals surface area contributed by atoms with Crippen molar-refractivity contribution < 1.29 is 9.84 Å². The fourth-order valence-corrected chi connectivity index (χ4v) is 4.79. The van der Waals surface area contributed by atoms with Crippen LogP contribution < -0.4 is 0 Å². The minimum absolute atomic E-state index is 0.199. The van der Waals surface area contributed by atoms with Crippen LogP contribution in [0.15, 0.2) is 59.5 Å². The van der Waals surface area contributed by atoms with Gasteiger partial charge in [-0.3, -0.25) is 4.90 Å². The van der Waals surface area contributed by atoms with E-state index in [0.29, 0.717) is 5.75 Å². The molecule has 0 aromatic heterocycles. The largest absolute Gasteiger partial charge is 0.508 e. The molecule has 1 N–H and O–H groups in total. The summed E-state index contributed by atoms with van der Waals surface area (Å²) in [6, 6.07) is 18.1. The third-order valence-corrected chi connectivity index (χ3v) is 6.15. The molecule has 1 atom stereocenters. The van der Waals surface area contributed by atoms with Crippen LogP contribution in [0.3, 0.4) is 0 Å². The molecule has 0 amide bonds. The molecule has 2 aromatic carbocycles. The Morgan fingerprint density at radius 3 is 2.64 bits per heavy atom. The number of piperidine rings is 1. The van der Waals surface area contributed by atoms with E-state index in [1.165, 1.54) is 5.56 Å². The molecule has 0 bridgehead atoms. The Morgan fingerprint density at radius 1 is 1.04 bits per heavy atom. The smallest absolute Gasteiger partial charge is 0.143 e. The van der Waals surface area contributed by atoms with Crippen molar-refractivity contribution in [2.45, 2.75) is 30.0 Å². The highest BCUT2D eigenvalue weighted by molar-refractivity contribution is 7.97. The Bertz CT molecular complexity index is 695. The van der Waals surface area contributed by atoms with E-state index in [2.05, 4.69) is 39.5 Å². The van der Waals surface area contributed by atoms with E-state index in [1.54, 1.807) is 24.1 Å². The van der Waals surface area contributed by atoms with Gasteiger partial charge in [-0.05, 0) is 61.2 Å². The van der Waals surface area contributed by atoms with Gasteiger partial charge in [-0.25, -0.2) is 4.31 Å². The van der Waals surface area contributed by atoms with E-state index < -0.39 is 0 Å². The van der Waals surface area contributed by atoms with E-state index in [9.17, 15) is 5.11 Å². The molecule has 2 aliphatic rings. The van der Waals surface area contributed by atoms with Crippen LogP contribution in [-0.2, 0) is 11.3 Å². The third kappa shape index (κ3) is 3.85. The molecule has 25 heavy (non-hydrogen) atoms. The van der Waals surface area contributed by atoms with Gasteiger partial charge in [0.1, 0.15) is 11.5 Å². The Labute approximate surface area is 153 Å². The summed E-state index contributed by atoms with van der Waals surface area (Å²) in [6.07, 6.45) is 2.23. The molecule has 2 saturated heterocycles.